The minimum Gasteiger partial charge on any atom is -0.345 e. The first-order chi connectivity index (χ1) is 10.0. The molecule has 0 saturated heterocycles. The molecule has 0 heterocycles. The van der Waals surface area contributed by atoms with Gasteiger partial charge >= 0.3 is 0 Å². The molecule has 0 radical (unpaired) electrons. The fourth-order valence-corrected chi connectivity index (χ4v) is 1.80. The summed E-state index contributed by atoms with van der Waals surface area (Å²) < 4.78 is 0. The molecule has 23 heavy (non-hydrogen) atoms. The van der Waals surface area contributed by atoms with E-state index in [2.05, 4.69) is 10.6 Å². The number of carbonyl (C=O) groups excluding carboxylic acids is 3. The minimum atomic E-state index is -0.644. The molecule has 0 saturated carbocycles. The quantitative estimate of drug-likeness (QED) is 0.735. The van der Waals surface area contributed by atoms with E-state index in [4.69, 9.17) is 0 Å². The third kappa shape index (κ3) is 8.84. The van der Waals surface area contributed by atoms with Gasteiger partial charge in [-0.05, 0) is 20.8 Å². The van der Waals surface area contributed by atoms with Crippen LogP contribution in [0.4, 0.5) is 0 Å². The molecule has 1 amide bonds. The Hall–Kier alpha value is -1.23. The van der Waals surface area contributed by atoms with E-state index in [-0.39, 0.29) is 23.5 Å². The summed E-state index contributed by atoms with van der Waals surface area (Å²) in [6.45, 7) is 17.1. The summed E-state index contributed by atoms with van der Waals surface area (Å²) in [5.74, 6) is -0.588. The van der Waals surface area contributed by atoms with Crippen molar-refractivity contribution in [3.63, 3.8) is 0 Å². The molecule has 0 bridgehead atoms. The third-order valence-electron chi connectivity index (χ3n) is 3.39. The van der Waals surface area contributed by atoms with Crippen LogP contribution < -0.4 is 10.6 Å². The lowest BCUT2D eigenvalue weighted by molar-refractivity contribution is -0.136. The molecule has 1 unspecified atom stereocenters. The van der Waals surface area contributed by atoms with Crippen molar-refractivity contribution in [1.82, 2.24) is 10.6 Å². The van der Waals surface area contributed by atoms with Gasteiger partial charge in [0, 0.05) is 22.9 Å². The van der Waals surface area contributed by atoms with Crippen LogP contribution >= 0.6 is 0 Å². The smallest absolute Gasteiger partial charge is 0.228 e. The summed E-state index contributed by atoms with van der Waals surface area (Å²) in [6, 6.07) is -0.644. The summed E-state index contributed by atoms with van der Waals surface area (Å²) in [6.07, 6.45) is -0.201. The molecule has 134 valence electrons. The van der Waals surface area contributed by atoms with Crippen molar-refractivity contribution in [2.75, 3.05) is 6.54 Å². The van der Waals surface area contributed by atoms with Gasteiger partial charge in [-0.15, -0.1) is 0 Å². The van der Waals surface area contributed by atoms with Gasteiger partial charge in [-0.3, -0.25) is 14.4 Å². The third-order valence-corrected chi connectivity index (χ3v) is 3.39. The van der Waals surface area contributed by atoms with Crippen molar-refractivity contribution < 1.29 is 14.4 Å². The van der Waals surface area contributed by atoms with Gasteiger partial charge in [0.2, 0.25) is 5.91 Å². The highest BCUT2D eigenvalue weighted by Crippen LogP contribution is 2.19. The number of hydrogen-bond acceptors (Lipinski definition) is 4. The van der Waals surface area contributed by atoms with Crippen LogP contribution in [-0.4, -0.2) is 35.6 Å². The van der Waals surface area contributed by atoms with E-state index in [0.717, 1.165) is 0 Å². The zero-order valence-electron chi connectivity index (χ0n) is 16.2. The Kier molecular flexibility index (Phi) is 7.16. The lowest BCUT2D eigenvalue weighted by Crippen LogP contribution is -2.54. The molecular weight excluding hydrogens is 292 g/mol. The number of hydrogen-bond donors (Lipinski definition) is 2. The van der Waals surface area contributed by atoms with Crippen molar-refractivity contribution in [2.45, 2.75) is 80.3 Å². The number of amides is 1. The van der Waals surface area contributed by atoms with E-state index in [1.165, 1.54) is 0 Å². The minimum absolute atomic E-state index is 0.0502. The van der Waals surface area contributed by atoms with Gasteiger partial charge in [0.15, 0.2) is 5.78 Å². The second-order valence-corrected chi connectivity index (χ2v) is 9.22. The highest BCUT2D eigenvalue weighted by Gasteiger charge is 2.32. The Morgan fingerprint density at radius 1 is 0.826 bits per heavy atom. The van der Waals surface area contributed by atoms with E-state index in [1.807, 2.05) is 41.5 Å². The summed E-state index contributed by atoms with van der Waals surface area (Å²) in [4.78, 5) is 36.7. The van der Waals surface area contributed by atoms with Gasteiger partial charge in [-0.2, -0.15) is 0 Å². The fraction of sp³-hybridized carbons (Fsp3) is 0.833. The van der Waals surface area contributed by atoms with Gasteiger partial charge in [0.1, 0.15) is 11.8 Å². The van der Waals surface area contributed by atoms with Crippen LogP contribution in [-0.2, 0) is 14.4 Å². The predicted octanol–water partition coefficient (Wildman–Crippen LogP) is 2.48. The molecule has 1 atom stereocenters. The van der Waals surface area contributed by atoms with Crippen LogP contribution in [0.3, 0.4) is 0 Å². The Balaban J connectivity index is 4.98. The van der Waals surface area contributed by atoms with Crippen LogP contribution in [0.1, 0.15) is 68.7 Å². The SMILES string of the molecule is CC(C)(C)NCC(NC(=O)CC(=O)C(C)(C)C)C(=O)C(C)(C)C. The second kappa shape index (κ2) is 7.56. The Bertz CT molecular complexity index is 448. The largest absolute Gasteiger partial charge is 0.345 e. The number of Topliss-reactive ketones (excluding diaryl/α,β-unsaturated/α-hetero) is 2. The molecule has 0 spiro atoms. The Labute approximate surface area is 141 Å². The van der Waals surface area contributed by atoms with Crippen LogP contribution in [0, 0.1) is 10.8 Å². The normalized spacial score (nSPS) is 14.3. The van der Waals surface area contributed by atoms with E-state index < -0.39 is 22.8 Å². The summed E-state index contributed by atoms with van der Waals surface area (Å²) >= 11 is 0. The van der Waals surface area contributed by atoms with Gasteiger partial charge in [0.05, 0.1) is 6.42 Å². The number of carbonyl (C=O) groups is 3. The van der Waals surface area contributed by atoms with Gasteiger partial charge < -0.3 is 10.6 Å². The van der Waals surface area contributed by atoms with Crippen molar-refractivity contribution >= 4 is 17.5 Å². The molecule has 0 aliphatic carbocycles. The average molecular weight is 326 g/mol. The van der Waals surface area contributed by atoms with E-state index >= 15 is 0 Å². The van der Waals surface area contributed by atoms with Crippen molar-refractivity contribution in [3.8, 4) is 0 Å². The summed E-state index contributed by atoms with van der Waals surface area (Å²) in [7, 11) is 0. The van der Waals surface area contributed by atoms with Crippen molar-refractivity contribution in [1.29, 1.82) is 0 Å². The number of ketones is 2. The molecule has 5 heteroatoms. The van der Waals surface area contributed by atoms with E-state index in [1.54, 1.807) is 20.8 Å². The molecule has 0 aromatic rings. The molecular formula is C18H34N2O3. The van der Waals surface area contributed by atoms with Crippen molar-refractivity contribution in [2.24, 2.45) is 10.8 Å². The van der Waals surface area contributed by atoms with Crippen LogP contribution in [0.5, 0.6) is 0 Å². The van der Waals surface area contributed by atoms with Crippen LogP contribution in [0.2, 0.25) is 0 Å². The molecule has 0 aromatic heterocycles. The predicted molar refractivity (Wildman–Crippen MR) is 93.2 cm³/mol. The maximum absolute atomic E-state index is 12.6. The molecule has 0 aromatic carbocycles. The van der Waals surface area contributed by atoms with E-state index in [9.17, 15) is 14.4 Å². The standard InChI is InChI=1S/C18H34N2O3/c1-16(2,3)13(21)10-14(22)20-12(11-19-18(7,8)9)15(23)17(4,5)6/h12,19H,10-11H2,1-9H3,(H,20,22). The van der Waals surface area contributed by atoms with Crippen LogP contribution in [0.15, 0.2) is 0 Å². The summed E-state index contributed by atoms with van der Waals surface area (Å²) in [5.41, 5.74) is -1.29. The maximum atomic E-state index is 12.6. The fourth-order valence-electron chi connectivity index (χ4n) is 1.80. The molecule has 2 N–H and O–H groups in total. The zero-order valence-corrected chi connectivity index (χ0v) is 16.2. The number of rotatable bonds is 6. The van der Waals surface area contributed by atoms with Crippen molar-refractivity contribution in [3.05, 3.63) is 0 Å². The zero-order chi connectivity index (χ0) is 18.6. The van der Waals surface area contributed by atoms with Crippen LogP contribution in [0.25, 0.3) is 0 Å². The highest BCUT2D eigenvalue weighted by molar-refractivity contribution is 6.02. The molecule has 0 aliphatic heterocycles. The molecule has 0 rings (SSSR count). The first kappa shape index (κ1) is 21.8. The van der Waals surface area contributed by atoms with Gasteiger partial charge in [0.25, 0.3) is 0 Å². The highest BCUT2D eigenvalue weighted by atomic mass is 16.2. The molecule has 5 nitrogen and oxygen atoms in total. The number of nitrogens with one attached hydrogen (secondary N) is 2. The van der Waals surface area contributed by atoms with Gasteiger partial charge in [-0.25, -0.2) is 0 Å². The molecule has 0 fully saturated rings. The monoisotopic (exact) mass is 326 g/mol. The molecule has 0 aliphatic rings. The topological polar surface area (TPSA) is 75.3 Å². The first-order valence-corrected chi connectivity index (χ1v) is 8.16. The first-order valence-electron chi connectivity index (χ1n) is 8.16. The average Bonchev–Trinajstić information content (AvgIpc) is 2.29. The lowest BCUT2D eigenvalue weighted by Gasteiger charge is -2.29. The Morgan fingerprint density at radius 3 is 1.65 bits per heavy atom. The summed E-state index contributed by atoms with van der Waals surface area (Å²) in [5, 5.41) is 5.97. The Morgan fingerprint density at radius 2 is 1.30 bits per heavy atom. The lowest BCUT2D eigenvalue weighted by atomic mass is 9.85. The van der Waals surface area contributed by atoms with Gasteiger partial charge in [-0.1, -0.05) is 41.5 Å². The second-order valence-electron chi connectivity index (χ2n) is 9.22. The maximum Gasteiger partial charge on any atom is 0.228 e. The van der Waals surface area contributed by atoms with E-state index in [0.29, 0.717) is 6.54 Å².